The first-order valence-electron chi connectivity index (χ1n) is 6.94. The van der Waals surface area contributed by atoms with E-state index in [4.69, 9.17) is 0 Å². The topological polar surface area (TPSA) is 41.1 Å². The molecule has 0 atom stereocenters. The minimum absolute atomic E-state index is 0.247. The summed E-state index contributed by atoms with van der Waals surface area (Å²) in [6, 6.07) is 13.6. The second-order valence-corrected chi connectivity index (χ2v) is 5.19. The van der Waals surface area contributed by atoms with Crippen LogP contribution in [-0.4, -0.2) is 11.9 Å². The van der Waals surface area contributed by atoms with Crippen molar-refractivity contribution in [2.24, 2.45) is 0 Å². The van der Waals surface area contributed by atoms with Crippen LogP contribution in [-0.2, 0) is 6.54 Å². The summed E-state index contributed by atoms with van der Waals surface area (Å²) in [6.45, 7) is 4.98. The van der Waals surface area contributed by atoms with Crippen LogP contribution in [0.4, 0.5) is 10.1 Å². The van der Waals surface area contributed by atoms with Gasteiger partial charge in [-0.2, -0.15) is 0 Å². The largest absolute Gasteiger partial charge is 0.322 e. The van der Waals surface area contributed by atoms with Crippen molar-refractivity contribution in [1.82, 2.24) is 5.32 Å². The zero-order valence-electron chi connectivity index (χ0n) is 12.2. The van der Waals surface area contributed by atoms with E-state index in [9.17, 15) is 9.18 Å². The van der Waals surface area contributed by atoms with E-state index < -0.39 is 0 Å². The fourth-order valence-corrected chi connectivity index (χ4v) is 1.83. The van der Waals surface area contributed by atoms with Gasteiger partial charge in [0.2, 0.25) is 0 Å². The van der Waals surface area contributed by atoms with Gasteiger partial charge >= 0.3 is 0 Å². The van der Waals surface area contributed by atoms with Crippen molar-refractivity contribution in [3.05, 3.63) is 65.5 Å². The fraction of sp³-hybridized carbons (Fsp3) is 0.235. The molecular weight excluding hydrogens is 267 g/mol. The molecule has 110 valence electrons. The molecule has 2 aromatic carbocycles. The van der Waals surface area contributed by atoms with Crippen molar-refractivity contribution < 1.29 is 9.18 Å². The predicted octanol–water partition coefficient (Wildman–Crippen LogP) is 3.58. The van der Waals surface area contributed by atoms with E-state index in [2.05, 4.69) is 24.5 Å². The Hall–Kier alpha value is -2.20. The molecule has 0 aliphatic rings. The Morgan fingerprint density at radius 2 is 1.67 bits per heavy atom. The lowest BCUT2D eigenvalue weighted by atomic mass is 10.1. The minimum Gasteiger partial charge on any atom is -0.322 e. The van der Waals surface area contributed by atoms with Gasteiger partial charge in [0, 0.05) is 23.8 Å². The van der Waals surface area contributed by atoms with Crippen LogP contribution in [0.15, 0.2) is 48.5 Å². The van der Waals surface area contributed by atoms with Crippen LogP contribution in [0.25, 0.3) is 0 Å². The summed E-state index contributed by atoms with van der Waals surface area (Å²) in [5, 5.41) is 6.12. The Balaban J connectivity index is 1.96. The smallest absolute Gasteiger partial charge is 0.255 e. The lowest BCUT2D eigenvalue weighted by Gasteiger charge is -2.09. The summed E-state index contributed by atoms with van der Waals surface area (Å²) in [5.74, 6) is -0.600. The predicted molar refractivity (Wildman–Crippen MR) is 82.8 cm³/mol. The van der Waals surface area contributed by atoms with Gasteiger partial charge in [0.25, 0.3) is 5.91 Å². The molecule has 2 aromatic rings. The van der Waals surface area contributed by atoms with Crippen LogP contribution in [0.1, 0.15) is 29.8 Å². The van der Waals surface area contributed by atoms with Crippen LogP contribution in [0.2, 0.25) is 0 Å². The summed E-state index contributed by atoms with van der Waals surface area (Å²) >= 11 is 0. The summed E-state index contributed by atoms with van der Waals surface area (Å²) < 4.78 is 12.8. The van der Waals surface area contributed by atoms with Gasteiger partial charge in [0.1, 0.15) is 5.82 Å². The van der Waals surface area contributed by atoms with E-state index >= 15 is 0 Å². The van der Waals surface area contributed by atoms with Crippen LogP contribution < -0.4 is 10.6 Å². The summed E-state index contributed by atoms with van der Waals surface area (Å²) in [6.07, 6.45) is 0. The molecule has 0 unspecified atom stereocenters. The zero-order valence-corrected chi connectivity index (χ0v) is 12.2. The van der Waals surface area contributed by atoms with Crippen LogP contribution in [0, 0.1) is 5.82 Å². The van der Waals surface area contributed by atoms with Crippen molar-refractivity contribution >= 4 is 11.6 Å². The van der Waals surface area contributed by atoms with E-state index in [1.54, 1.807) is 0 Å². The van der Waals surface area contributed by atoms with E-state index in [1.165, 1.54) is 24.3 Å². The zero-order chi connectivity index (χ0) is 15.2. The fourth-order valence-electron chi connectivity index (χ4n) is 1.83. The highest BCUT2D eigenvalue weighted by atomic mass is 19.1. The average molecular weight is 286 g/mol. The standard InChI is InChI=1S/C17H19FN2O/c1-12(2)19-11-13-3-9-16(10-4-13)20-17(21)14-5-7-15(18)8-6-14/h3-10,12,19H,11H2,1-2H3,(H,20,21). The molecule has 0 spiro atoms. The number of benzene rings is 2. The van der Waals surface area contributed by atoms with Gasteiger partial charge in [0.05, 0.1) is 0 Å². The van der Waals surface area contributed by atoms with Crippen LogP contribution >= 0.6 is 0 Å². The molecule has 1 amide bonds. The number of amides is 1. The lowest BCUT2D eigenvalue weighted by molar-refractivity contribution is 0.102. The monoisotopic (exact) mass is 286 g/mol. The highest BCUT2D eigenvalue weighted by Gasteiger charge is 2.06. The van der Waals surface area contributed by atoms with E-state index in [1.807, 2.05) is 24.3 Å². The average Bonchev–Trinajstić information content (AvgIpc) is 2.47. The molecule has 0 heterocycles. The van der Waals surface area contributed by atoms with Gasteiger partial charge in [-0.15, -0.1) is 0 Å². The number of hydrogen-bond donors (Lipinski definition) is 2. The molecule has 3 nitrogen and oxygen atoms in total. The third-order valence-electron chi connectivity index (χ3n) is 3.03. The first-order chi connectivity index (χ1) is 10.0. The second kappa shape index (κ2) is 6.99. The van der Waals surface area contributed by atoms with Gasteiger partial charge in [0.15, 0.2) is 0 Å². The normalized spacial score (nSPS) is 10.7. The van der Waals surface area contributed by atoms with E-state index in [0.717, 1.165) is 17.8 Å². The molecule has 2 N–H and O–H groups in total. The molecule has 0 aliphatic heterocycles. The number of hydrogen-bond acceptors (Lipinski definition) is 2. The maximum absolute atomic E-state index is 12.8. The Bertz CT molecular complexity index is 591. The van der Waals surface area contributed by atoms with Gasteiger partial charge in [-0.25, -0.2) is 4.39 Å². The summed E-state index contributed by atoms with van der Waals surface area (Å²) in [5.41, 5.74) is 2.31. The first kappa shape index (κ1) is 15.2. The highest BCUT2D eigenvalue weighted by Crippen LogP contribution is 2.12. The van der Waals surface area contributed by atoms with Crippen LogP contribution in [0.3, 0.4) is 0 Å². The maximum atomic E-state index is 12.8. The highest BCUT2D eigenvalue weighted by molar-refractivity contribution is 6.04. The first-order valence-corrected chi connectivity index (χ1v) is 6.94. The minimum atomic E-state index is -0.353. The van der Waals surface area contributed by atoms with Crippen molar-refractivity contribution in [2.75, 3.05) is 5.32 Å². The Morgan fingerprint density at radius 1 is 1.05 bits per heavy atom. The van der Waals surface area contributed by atoms with E-state index in [0.29, 0.717) is 11.6 Å². The Morgan fingerprint density at radius 3 is 2.24 bits per heavy atom. The van der Waals surface area contributed by atoms with Crippen LogP contribution in [0.5, 0.6) is 0 Å². The van der Waals surface area contributed by atoms with Gasteiger partial charge in [-0.1, -0.05) is 26.0 Å². The molecule has 0 bridgehead atoms. The molecule has 0 aromatic heterocycles. The van der Waals surface area contributed by atoms with Gasteiger partial charge < -0.3 is 10.6 Å². The van der Waals surface area contributed by atoms with Crippen molar-refractivity contribution in [1.29, 1.82) is 0 Å². The maximum Gasteiger partial charge on any atom is 0.255 e. The third-order valence-corrected chi connectivity index (χ3v) is 3.03. The quantitative estimate of drug-likeness (QED) is 0.882. The number of halogens is 1. The van der Waals surface area contributed by atoms with Crippen molar-refractivity contribution in [2.45, 2.75) is 26.4 Å². The Labute approximate surface area is 124 Å². The van der Waals surface area contributed by atoms with Gasteiger partial charge in [-0.3, -0.25) is 4.79 Å². The number of anilines is 1. The molecule has 4 heteroatoms. The molecule has 0 saturated carbocycles. The molecule has 0 radical (unpaired) electrons. The van der Waals surface area contributed by atoms with Crippen molar-refractivity contribution in [3.63, 3.8) is 0 Å². The lowest BCUT2D eigenvalue weighted by Crippen LogP contribution is -2.21. The number of carbonyl (C=O) groups excluding carboxylic acids is 1. The molecular formula is C17H19FN2O. The number of carbonyl (C=O) groups is 1. The molecule has 2 rings (SSSR count). The van der Waals surface area contributed by atoms with Crippen molar-refractivity contribution in [3.8, 4) is 0 Å². The molecule has 0 aliphatic carbocycles. The number of rotatable bonds is 5. The summed E-state index contributed by atoms with van der Waals surface area (Å²) in [7, 11) is 0. The van der Waals surface area contributed by atoms with E-state index in [-0.39, 0.29) is 11.7 Å². The SMILES string of the molecule is CC(C)NCc1ccc(NC(=O)c2ccc(F)cc2)cc1. The number of nitrogens with one attached hydrogen (secondary N) is 2. The third kappa shape index (κ3) is 4.68. The molecule has 0 fully saturated rings. The molecule has 0 saturated heterocycles. The second-order valence-electron chi connectivity index (χ2n) is 5.19. The molecule has 21 heavy (non-hydrogen) atoms. The van der Waals surface area contributed by atoms with Gasteiger partial charge in [-0.05, 0) is 42.0 Å². The summed E-state index contributed by atoms with van der Waals surface area (Å²) in [4.78, 5) is 12.0. The Kier molecular flexibility index (Phi) is 5.06.